The molecule has 3 nitrogen and oxygen atoms in total. The molecule has 1 heterocycles. The number of carbonyl (C=O) groups excluding carboxylic acids is 1. The standard InChI is InChI=1S/C9H15NO2/c1-9(2,3)12-8(11)4-7-5-10-6-7/h4,10H,5-6H2,1-3H3. The minimum atomic E-state index is -0.384. The van der Waals surface area contributed by atoms with E-state index in [1.54, 1.807) is 6.08 Å². The second kappa shape index (κ2) is 3.27. The van der Waals surface area contributed by atoms with Crippen molar-refractivity contribution in [2.45, 2.75) is 26.4 Å². The molecule has 0 unspecified atom stereocenters. The van der Waals surface area contributed by atoms with E-state index in [4.69, 9.17) is 4.74 Å². The highest BCUT2D eigenvalue weighted by Crippen LogP contribution is 2.09. The maximum atomic E-state index is 11.1. The zero-order valence-corrected chi connectivity index (χ0v) is 7.81. The number of esters is 1. The van der Waals surface area contributed by atoms with E-state index < -0.39 is 0 Å². The van der Waals surface area contributed by atoms with Gasteiger partial charge in [-0.15, -0.1) is 0 Å². The van der Waals surface area contributed by atoms with E-state index >= 15 is 0 Å². The first-order valence-electron chi connectivity index (χ1n) is 4.10. The first-order chi connectivity index (χ1) is 5.47. The molecular weight excluding hydrogens is 154 g/mol. The molecule has 68 valence electrons. The third-order valence-corrected chi connectivity index (χ3v) is 1.43. The molecule has 1 rings (SSSR count). The van der Waals surface area contributed by atoms with E-state index in [2.05, 4.69) is 5.32 Å². The topological polar surface area (TPSA) is 38.3 Å². The molecule has 0 aromatic carbocycles. The smallest absolute Gasteiger partial charge is 0.331 e. The average Bonchev–Trinajstić information content (AvgIpc) is 1.74. The Morgan fingerprint density at radius 3 is 2.42 bits per heavy atom. The van der Waals surface area contributed by atoms with Crippen LogP contribution < -0.4 is 5.32 Å². The minimum Gasteiger partial charge on any atom is -0.457 e. The Bertz CT molecular complexity index is 207. The van der Waals surface area contributed by atoms with Crippen LogP contribution in [0.15, 0.2) is 11.6 Å². The summed E-state index contributed by atoms with van der Waals surface area (Å²) in [7, 11) is 0. The van der Waals surface area contributed by atoms with Crippen LogP contribution in [0.5, 0.6) is 0 Å². The van der Waals surface area contributed by atoms with Crippen molar-refractivity contribution in [1.82, 2.24) is 5.32 Å². The monoisotopic (exact) mass is 169 g/mol. The molecule has 0 saturated carbocycles. The van der Waals surface area contributed by atoms with E-state index in [1.807, 2.05) is 20.8 Å². The van der Waals surface area contributed by atoms with Crippen molar-refractivity contribution in [3.63, 3.8) is 0 Å². The number of hydrogen-bond acceptors (Lipinski definition) is 3. The fourth-order valence-corrected chi connectivity index (χ4v) is 0.869. The molecule has 0 spiro atoms. The van der Waals surface area contributed by atoms with Gasteiger partial charge in [-0.1, -0.05) is 0 Å². The van der Waals surface area contributed by atoms with Crippen molar-refractivity contribution in [2.75, 3.05) is 13.1 Å². The number of carbonyl (C=O) groups is 1. The van der Waals surface area contributed by atoms with Gasteiger partial charge in [0.1, 0.15) is 5.60 Å². The Hall–Kier alpha value is -0.830. The van der Waals surface area contributed by atoms with Crippen LogP contribution in [0.25, 0.3) is 0 Å². The first kappa shape index (κ1) is 9.26. The summed E-state index contributed by atoms with van der Waals surface area (Å²) in [4.78, 5) is 11.1. The summed E-state index contributed by atoms with van der Waals surface area (Å²) in [6, 6.07) is 0. The highest BCUT2D eigenvalue weighted by atomic mass is 16.6. The van der Waals surface area contributed by atoms with Gasteiger partial charge in [0.25, 0.3) is 0 Å². The summed E-state index contributed by atoms with van der Waals surface area (Å²) < 4.78 is 5.10. The predicted molar refractivity (Wildman–Crippen MR) is 46.8 cm³/mol. The fourth-order valence-electron chi connectivity index (χ4n) is 0.869. The second-order valence-electron chi connectivity index (χ2n) is 3.94. The lowest BCUT2D eigenvalue weighted by Crippen LogP contribution is -2.35. The van der Waals surface area contributed by atoms with Crippen LogP contribution in [0.4, 0.5) is 0 Å². The summed E-state index contributed by atoms with van der Waals surface area (Å²) in [5, 5.41) is 3.05. The predicted octanol–water partition coefficient (Wildman–Crippen LogP) is 0.858. The van der Waals surface area contributed by atoms with Crippen LogP contribution in [0.1, 0.15) is 20.8 Å². The zero-order valence-electron chi connectivity index (χ0n) is 7.81. The van der Waals surface area contributed by atoms with Gasteiger partial charge in [-0.05, 0) is 26.3 Å². The molecule has 3 heteroatoms. The molecule has 0 amide bonds. The van der Waals surface area contributed by atoms with Gasteiger partial charge >= 0.3 is 5.97 Å². The van der Waals surface area contributed by atoms with E-state index in [-0.39, 0.29) is 11.6 Å². The van der Waals surface area contributed by atoms with Crippen LogP contribution in [0.3, 0.4) is 0 Å². The van der Waals surface area contributed by atoms with Gasteiger partial charge in [0.2, 0.25) is 0 Å². The van der Waals surface area contributed by atoms with Crippen molar-refractivity contribution in [3.05, 3.63) is 11.6 Å². The number of nitrogens with one attached hydrogen (secondary N) is 1. The highest BCUT2D eigenvalue weighted by Gasteiger charge is 2.16. The van der Waals surface area contributed by atoms with Gasteiger partial charge in [0.05, 0.1) is 0 Å². The Morgan fingerprint density at radius 2 is 2.08 bits per heavy atom. The lowest BCUT2D eigenvalue weighted by molar-refractivity contribution is -0.148. The Balaban J connectivity index is 2.38. The number of rotatable bonds is 1. The molecule has 1 saturated heterocycles. The van der Waals surface area contributed by atoms with Gasteiger partial charge in [0.15, 0.2) is 0 Å². The largest absolute Gasteiger partial charge is 0.457 e. The molecule has 0 aromatic heterocycles. The third kappa shape index (κ3) is 3.05. The van der Waals surface area contributed by atoms with Gasteiger partial charge in [0, 0.05) is 19.2 Å². The molecule has 1 aliphatic rings. The second-order valence-corrected chi connectivity index (χ2v) is 3.94. The Morgan fingerprint density at radius 1 is 1.50 bits per heavy atom. The lowest BCUT2D eigenvalue weighted by atomic mass is 10.1. The van der Waals surface area contributed by atoms with E-state index in [0.29, 0.717) is 0 Å². The van der Waals surface area contributed by atoms with Gasteiger partial charge in [-0.3, -0.25) is 0 Å². The zero-order chi connectivity index (χ0) is 9.19. The number of hydrogen-bond donors (Lipinski definition) is 1. The maximum absolute atomic E-state index is 11.1. The van der Waals surface area contributed by atoms with Crippen LogP contribution in [0.2, 0.25) is 0 Å². The van der Waals surface area contributed by atoms with Crippen molar-refractivity contribution in [1.29, 1.82) is 0 Å². The van der Waals surface area contributed by atoms with Crippen molar-refractivity contribution in [3.8, 4) is 0 Å². The van der Waals surface area contributed by atoms with Crippen molar-refractivity contribution >= 4 is 5.97 Å². The van der Waals surface area contributed by atoms with Gasteiger partial charge in [-0.2, -0.15) is 0 Å². The molecule has 0 bridgehead atoms. The molecule has 12 heavy (non-hydrogen) atoms. The van der Waals surface area contributed by atoms with Crippen molar-refractivity contribution < 1.29 is 9.53 Å². The summed E-state index contributed by atoms with van der Waals surface area (Å²) >= 11 is 0. The van der Waals surface area contributed by atoms with Crippen LogP contribution in [-0.4, -0.2) is 24.7 Å². The highest BCUT2D eigenvalue weighted by molar-refractivity contribution is 5.83. The molecule has 1 N–H and O–H groups in total. The SMILES string of the molecule is CC(C)(C)OC(=O)C=C1CNC1. The fraction of sp³-hybridized carbons (Fsp3) is 0.667. The first-order valence-corrected chi connectivity index (χ1v) is 4.10. The quantitative estimate of drug-likeness (QED) is 0.467. The minimum absolute atomic E-state index is 0.237. The normalized spacial score (nSPS) is 16.8. The molecule has 0 radical (unpaired) electrons. The lowest BCUT2D eigenvalue weighted by Gasteiger charge is -2.21. The molecular formula is C9H15NO2. The van der Waals surface area contributed by atoms with E-state index in [0.717, 1.165) is 18.7 Å². The van der Waals surface area contributed by atoms with Gasteiger partial charge < -0.3 is 10.1 Å². The molecule has 1 aliphatic heterocycles. The summed E-state index contributed by atoms with van der Waals surface area (Å²) in [6.07, 6.45) is 1.57. The van der Waals surface area contributed by atoms with E-state index in [1.165, 1.54) is 0 Å². The average molecular weight is 169 g/mol. The summed E-state index contributed by atoms with van der Waals surface area (Å²) in [5.74, 6) is -0.237. The molecule has 0 aliphatic carbocycles. The summed E-state index contributed by atoms with van der Waals surface area (Å²) in [5.41, 5.74) is 0.731. The van der Waals surface area contributed by atoms with Crippen LogP contribution >= 0.6 is 0 Å². The van der Waals surface area contributed by atoms with Gasteiger partial charge in [-0.25, -0.2) is 4.79 Å². The van der Waals surface area contributed by atoms with Crippen LogP contribution in [0, 0.1) is 0 Å². The summed E-state index contributed by atoms with van der Waals surface area (Å²) in [6.45, 7) is 7.23. The van der Waals surface area contributed by atoms with Crippen LogP contribution in [-0.2, 0) is 9.53 Å². The number of ether oxygens (including phenoxy) is 1. The molecule has 1 fully saturated rings. The molecule has 0 aromatic rings. The van der Waals surface area contributed by atoms with Crippen molar-refractivity contribution in [2.24, 2.45) is 0 Å². The maximum Gasteiger partial charge on any atom is 0.331 e. The Labute approximate surface area is 72.8 Å². The molecule has 0 atom stereocenters. The van der Waals surface area contributed by atoms with E-state index in [9.17, 15) is 4.79 Å². The Kier molecular flexibility index (Phi) is 2.52. The third-order valence-electron chi connectivity index (χ3n) is 1.43.